The zero-order valence-electron chi connectivity index (χ0n) is 13.6. The number of carbonyl (C=O) groups excluding carboxylic acids is 1. The number of hydrogen-bond acceptors (Lipinski definition) is 2. The van der Waals surface area contributed by atoms with Crippen molar-refractivity contribution in [3.8, 4) is 0 Å². The molecule has 2 N–H and O–H groups in total. The maximum Gasteiger partial charge on any atom is 0.310 e. The molecule has 24 heavy (non-hydrogen) atoms. The zero-order chi connectivity index (χ0) is 17.7. The molecule has 0 fully saturated rings. The second-order valence-corrected chi connectivity index (χ2v) is 6.27. The molecule has 0 saturated carbocycles. The van der Waals surface area contributed by atoms with Gasteiger partial charge in [-0.3, -0.25) is 9.59 Å². The molecule has 0 aliphatic carbocycles. The summed E-state index contributed by atoms with van der Waals surface area (Å²) in [6, 6.07) is 14.3. The van der Waals surface area contributed by atoms with Gasteiger partial charge in [0.1, 0.15) is 0 Å². The third kappa shape index (κ3) is 4.59. The molecule has 5 heteroatoms. The Bertz CT molecular complexity index is 728. The van der Waals surface area contributed by atoms with Gasteiger partial charge in [0.05, 0.1) is 5.92 Å². The largest absolute Gasteiger partial charge is 0.481 e. The number of aliphatic carboxylic acids is 1. The van der Waals surface area contributed by atoms with Crippen molar-refractivity contribution in [2.75, 3.05) is 5.32 Å². The van der Waals surface area contributed by atoms with Crippen LogP contribution in [0.1, 0.15) is 30.9 Å². The summed E-state index contributed by atoms with van der Waals surface area (Å²) in [6.45, 7) is 3.47. The highest BCUT2D eigenvalue weighted by Gasteiger charge is 2.16. The maximum absolute atomic E-state index is 12.3. The predicted molar refractivity (Wildman–Crippen MR) is 95.4 cm³/mol. The Kier molecular flexibility index (Phi) is 5.99. The van der Waals surface area contributed by atoms with E-state index in [0.29, 0.717) is 22.7 Å². The number of carboxylic acid groups (broad SMARTS) is 1. The smallest absolute Gasteiger partial charge is 0.310 e. The van der Waals surface area contributed by atoms with Crippen molar-refractivity contribution in [1.29, 1.82) is 0 Å². The van der Waals surface area contributed by atoms with E-state index < -0.39 is 11.9 Å². The number of amides is 1. The molecular formula is C19H20ClNO3. The van der Waals surface area contributed by atoms with Crippen LogP contribution >= 0.6 is 11.6 Å². The van der Waals surface area contributed by atoms with Gasteiger partial charge < -0.3 is 10.4 Å². The topological polar surface area (TPSA) is 66.4 Å². The number of nitrogens with one attached hydrogen (secondary N) is 1. The van der Waals surface area contributed by atoms with Gasteiger partial charge in [0.15, 0.2) is 0 Å². The monoisotopic (exact) mass is 345 g/mol. The highest BCUT2D eigenvalue weighted by Crippen LogP contribution is 2.21. The third-order valence-electron chi connectivity index (χ3n) is 3.98. The summed E-state index contributed by atoms with van der Waals surface area (Å²) in [7, 11) is 0. The summed E-state index contributed by atoms with van der Waals surface area (Å²) in [5, 5.41) is 12.5. The van der Waals surface area contributed by atoms with Gasteiger partial charge in [-0.2, -0.15) is 0 Å². The first-order valence-electron chi connectivity index (χ1n) is 7.75. The van der Waals surface area contributed by atoms with E-state index in [1.54, 1.807) is 31.2 Å². The minimum absolute atomic E-state index is 0.103. The van der Waals surface area contributed by atoms with E-state index in [-0.39, 0.29) is 11.8 Å². The number of halogens is 1. The van der Waals surface area contributed by atoms with Gasteiger partial charge in [-0.25, -0.2) is 0 Å². The van der Waals surface area contributed by atoms with Gasteiger partial charge in [-0.15, -0.1) is 0 Å². The van der Waals surface area contributed by atoms with Crippen LogP contribution in [0.4, 0.5) is 5.69 Å². The molecule has 0 radical (unpaired) electrons. The van der Waals surface area contributed by atoms with Gasteiger partial charge in [-0.1, -0.05) is 48.9 Å². The van der Waals surface area contributed by atoms with Crippen LogP contribution in [-0.4, -0.2) is 17.0 Å². The van der Waals surface area contributed by atoms with Crippen molar-refractivity contribution >= 4 is 29.2 Å². The first-order valence-corrected chi connectivity index (χ1v) is 8.13. The van der Waals surface area contributed by atoms with Crippen LogP contribution in [0.3, 0.4) is 0 Å². The molecule has 0 spiro atoms. The molecule has 0 saturated heterocycles. The van der Waals surface area contributed by atoms with Crippen LogP contribution in [0.2, 0.25) is 5.02 Å². The number of hydrogen-bond donors (Lipinski definition) is 2. The molecule has 0 aliphatic heterocycles. The van der Waals surface area contributed by atoms with Gasteiger partial charge in [0, 0.05) is 16.6 Å². The van der Waals surface area contributed by atoms with Crippen LogP contribution in [0, 0.1) is 5.92 Å². The highest BCUT2D eigenvalue weighted by molar-refractivity contribution is 6.31. The van der Waals surface area contributed by atoms with E-state index in [1.807, 2.05) is 31.2 Å². The summed E-state index contributed by atoms with van der Waals surface area (Å²) in [5.41, 5.74) is 2.28. The van der Waals surface area contributed by atoms with E-state index in [1.165, 1.54) is 0 Å². The van der Waals surface area contributed by atoms with Crippen molar-refractivity contribution in [3.63, 3.8) is 0 Å². The fourth-order valence-corrected chi connectivity index (χ4v) is 2.56. The molecule has 2 aromatic rings. The van der Waals surface area contributed by atoms with Crippen molar-refractivity contribution in [2.45, 2.75) is 26.2 Å². The standard InChI is InChI=1S/C19H20ClNO3/c1-12(11-15-5-3-4-6-17(15)20)18(22)21-16-9-7-14(8-10-16)13(2)19(23)24/h3-10,12-13H,11H2,1-2H3,(H,21,22)(H,23,24). The van der Waals surface area contributed by atoms with E-state index >= 15 is 0 Å². The minimum atomic E-state index is -0.875. The van der Waals surface area contributed by atoms with Crippen LogP contribution in [0.5, 0.6) is 0 Å². The highest BCUT2D eigenvalue weighted by atomic mass is 35.5. The molecule has 2 atom stereocenters. The summed E-state index contributed by atoms with van der Waals surface area (Å²) in [4.78, 5) is 23.3. The van der Waals surface area contributed by atoms with Crippen LogP contribution in [-0.2, 0) is 16.0 Å². The molecule has 2 aromatic carbocycles. The van der Waals surface area contributed by atoms with Crippen molar-refractivity contribution < 1.29 is 14.7 Å². The van der Waals surface area contributed by atoms with Gasteiger partial charge in [-0.05, 0) is 42.7 Å². The maximum atomic E-state index is 12.3. The van der Waals surface area contributed by atoms with E-state index in [0.717, 1.165) is 5.56 Å². The summed E-state index contributed by atoms with van der Waals surface area (Å²) >= 11 is 6.13. The molecule has 4 nitrogen and oxygen atoms in total. The van der Waals surface area contributed by atoms with Crippen LogP contribution < -0.4 is 5.32 Å². The van der Waals surface area contributed by atoms with Gasteiger partial charge >= 0.3 is 5.97 Å². The molecular weight excluding hydrogens is 326 g/mol. The van der Waals surface area contributed by atoms with Gasteiger partial charge in [0.2, 0.25) is 5.91 Å². The molecule has 0 aromatic heterocycles. The molecule has 2 unspecified atom stereocenters. The average molecular weight is 346 g/mol. The number of rotatable bonds is 6. The summed E-state index contributed by atoms with van der Waals surface area (Å²) in [6.07, 6.45) is 0.555. The summed E-state index contributed by atoms with van der Waals surface area (Å²) < 4.78 is 0. The Balaban J connectivity index is 1.99. The number of benzene rings is 2. The SMILES string of the molecule is CC(Cc1ccccc1Cl)C(=O)Nc1ccc(C(C)C(=O)O)cc1. The molecule has 0 aliphatic rings. The second-order valence-electron chi connectivity index (χ2n) is 5.87. The van der Waals surface area contributed by atoms with Crippen molar-refractivity contribution in [2.24, 2.45) is 5.92 Å². The normalized spacial score (nSPS) is 13.1. The first-order chi connectivity index (χ1) is 11.4. The quantitative estimate of drug-likeness (QED) is 0.818. The Morgan fingerprint density at radius 2 is 1.71 bits per heavy atom. The lowest BCUT2D eigenvalue weighted by Gasteiger charge is -2.14. The summed E-state index contributed by atoms with van der Waals surface area (Å²) in [5.74, 6) is -1.79. The fraction of sp³-hybridized carbons (Fsp3) is 0.263. The first kappa shape index (κ1) is 18.0. The molecule has 0 heterocycles. The molecule has 126 valence electrons. The van der Waals surface area contributed by atoms with E-state index in [2.05, 4.69) is 5.32 Å². The second kappa shape index (κ2) is 7.97. The van der Waals surface area contributed by atoms with Gasteiger partial charge in [0.25, 0.3) is 0 Å². The van der Waals surface area contributed by atoms with E-state index in [9.17, 15) is 9.59 Å². The fourth-order valence-electron chi connectivity index (χ4n) is 2.35. The number of carbonyl (C=O) groups is 2. The predicted octanol–water partition coefficient (Wildman–Crippen LogP) is 4.35. The lowest BCUT2D eigenvalue weighted by atomic mass is 9.99. The Morgan fingerprint density at radius 1 is 1.08 bits per heavy atom. The Hall–Kier alpha value is -2.33. The third-order valence-corrected chi connectivity index (χ3v) is 4.35. The van der Waals surface area contributed by atoms with Crippen molar-refractivity contribution in [1.82, 2.24) is 0 Å². The Labute approximate surface area is 146 Å². The van der Waals surface area contributed by atoms with Crippen LogP contribution in [0.15, 0.2) is 48.5 Å². The average Bonchev–Trinajstić information content (AvgIpc) is 2.56. The Morgan fingerprint density at radius 3 is 2.29 bits per heavy atom. The molecule has 2 rings (SSSR count). The van der Waals surface area contributed by atoms with Crippen LogP contribution in [0.25, 0.3) is 0 Å². The number of carboxylic acids is 1. The zero-order valence-corrected chi connectivity index (χ0v) is 14.4. The van der Waals surface area contributed by atoms with Crippen molar-refractivity contribution in [3.05, 3.63) is 64.7 Å². The number of anilines is 1. The van der Waals surface area contributed by atoms with E-state index in [4.69, 9.17) is 16.7 Å². The molecule has 1 amide bonds. The molecule has 0 bridgehead atoms. The minimum Gasteiger partial charge on any atom is -0.481 e. The lowest BCUT2D eigenvalue weighted by molar-refractivity contribution is -0.138. The lowest BCUT2D eigenvalue weighted by Crippen LogP contribution is -2.22.